The highest BCUT2D eigenvalue weighted by Crippen LogP contribution is 2.22. The molecular formula is C19H31N3O2S2. The fraction of sp³-hybridized carbons (Fsp3) is 0.737. The summed E-state index contributed by atoms with van der Waals surface area (Å²) in [7, 11) is -2.83. The van der Waals surface area contributed by atoms with Crippen LogP contribution in [-0.4, -0.2) is 57.0 Å². The second kappa shape index (κ2) is 8.74. The zero-order chi connectivity index (χ0) is 18.6. The molecule has 146 valence electrons. The van der Waals surface area contributed by atoms with Crippen LogP contribution in [0.5, 0.6) is 0 Å². The van der Waals surface area contributed by atoms with Crippen molar-refractivity contribution in [2.75, 3.05) is 37.7 Å². The van der Waals surface area contributed by atoms with Crippen LogP contribution in [0, 0.1) is 17.8 Å². The van der Waals surface area contributed by atoms with E-state index in [1.54, 1.807) is 11.3 Å². The van der Waals surface area contributed by atoms with Crippen LogP contribution in [0.25, 0.3) is 0 Å². The number of nitrogens with one attached hydrogen (secondary N) is 1. The fourth-order valence-electron chi connectivity index (χ4n) is 4.09. The van der Waals surface area contributed by atoms with Crippen molar-refractivity contribution in [2.45, 2.75) is 33.1 Å². The Morgan fingerprint density at radius 2 is 2.12 bits per heavy atom. The first-order valence-corrected chi connectivity index (χ1v) is 12.4. The molecule has 3 unspecified atom stereocenters. The van der Waals surface area contributed by atoms with Gasteiger partial charge < -0.3 is 10.2 Å². The Labute approximate surface area is 161 Å². The summed E-state index contributed by atoms with van der Waals surface area (Å²) >= 11 is 1.78. The van der Waals surface area contributed by atoms with Gasteiger partial charge in [0.05, 0.1) is 11.5 Å². The van der Waals surface area contributed by atoms with Crippen LogP contribution in [0.15, 0.2) is 22.5 Å². The third-order valence-electron chi connectivity index (χ3n) is 5.23. The Morgan fingerprint density at radius 3 is 2.73 bits per heavy atom. The van der Waals surface area contributed by atoms with Gasteiger partial charge in [0.1, 0.15) is 0 Å². The number of piperidine rings is 1. The topological polar surface area (TPSA) is 61.8 Å². The van der Waals surface area contributed by atoms with Gasteiger partial charge in [0.15, 0.2) is 15.8 Å². The number of likely N-dealkylation sites (tertiary alicyclic amines) is 1. The van der Waals surface area contributed by atoms with Gasteiger partial charge in [0, 0.05) is 31.1 Å². The van der Waals surface area contributed by atoms with Crippen LogP contribution < -0.4 is 5.32 Å². The lowest BCUT2D eigenvalue weighted by Crippen LogP contribution is -2.49. The van der Waals surface area contributed by atoms with E-state index in [0.29, 0.717) is 29.9 Å². The molecule has 26 heavy (non-hydrogen) atoms. The van der Waals surface area contributed by atoms with Crippen LogP contribution in [0.4, 0.5) is 0 Å². The van der Waals surface area contributed by atoms with Gasteiger partial charge in [0.25, 0.3) is 0 Å². The maximum Gasteiger partial charge on any atom is 0.193 e. The Kier molecular flexibility index (Phi) is 6.61. The van der Waals surface area contributed by atoms with Gasteiger partial charge in [0.2, 0.25) is 0 Å². The molecule has 2 fully saturated rings. The fourth-order valence-corrected chi connectivity index (χ4v) is 6.65. The molecule has 0 aromatic carbocycles. The molecule has 0 radical (unpaired) electrons. The second-order valence-corrected chi connectivity index (χ2v) is 11.3. The lowest BCUT2D eigenvalue weighted by Gasteiger charge is -2.37. The zero-order valence-electron chi connectivity index (χ0n) is 15.9. The van der Waals surface area contributed by atoms with E-state index >= 15 is 0 Å². The zero-order valence-corrected chi connectivity index (χ0v) is 17.5. The largest absolute Gasteiger partial charge is 0.356 e. The number of hydrogen-bond donors (Lipinski definition) is 1. The predicted molar refractivity (Wildman–Crippen MR) is 110 cm³/mol. The number of hydrogen-bond acceptors (Lipinski definition) is 4. The van der Waals surface area contributed by atoms with E-state index in [2.05, 4.69) is 41.6 Å². The second-order valence-electron chi connectivity index (χ2n) is 8.04. The van der Waals surface area contributed by atoms with Crippen molar-refractivity contribution in [1.29, 1.82) is 0 Å². The van der Waals surface area contributed by atoms with Crippen molar-refractivity contribution < 1.29 is 8.42 Å². The molecule has 2 saturated heterocycles. The number of aliphatic imine (C=N–C) groups is 1. The SMILES string of the molecule is CC1CC(C)CN(C(=NCC2CCS(=O)(=O)C2)NCCc2cccs2)C1. The van der Waals surface area contributed by atoms with Crippen LogP contribution in [-0.2, 0) is 16.3 Å². The molecule has 1 aromatic rings. The van der Waals surface area contributed by atoms with Crippen LogP contribution in [0.1, 0.15) is 31.6 Å². The van der Waals surface area contributed by atoms with E-state index < -0.39 is 9.84 Å². The van der Waals surface area contributed by atoms with E-state index in [0.717, 1.165) is 38.4 Å². The minimum Gasteiger partial charge on any atom is -0.356 e. The normalized spacial score (nSPS) is 29.1. The number of rotatable bonds is 5. The Bertz CT molecular complexity index is 690. The maximum absolute atomic E-state index is 11.7. The predicted octanol–water partition coefficient (Wildman–Crippen LogP) is 2.65. The number of nitrogens with zero attached hydrogens (tertiary/aromatic N) is 2. The van der Waals surface area contributed by atoms with Crippen LogP contribution in [0.2, 0.25) is 0 Å². The van der Waals surface area contributed by atoms with Gasteiger partial charge in [-0.15, -0.1) is 11.3 Å². The highest BCUT2D eigenvalue weighted by atomic mass is 32.2. The summed E-state index contributed by atoms with van der Waals surface area (Å²) in [5, 5.41) is 5.66. The quantitative estimate of drug-likeness (QED) is 0.613. The first-order chi connectivity index (χ1) is 12.4. The summed E-state index contributed by atoms with van der Waals surface area (Å²) in [6.07, 6.45) is 3.01. The van der Waals surface area contributed by atoms with Gasteiger partial charge >= 0.3 is 0 Å². The van der Waals surface area contributed by atoms with Crippen molar-refractivity contribution in [3.63, 3.8) is 0 Å². The van der Waals surface area contributed by atoms with Gasteiger partial charge in [-0.05, 0) is 48.5 Å². The molecule has 1 aromatic heterocycles. The number of sulfone groups is 1. The molecule has 5 nitrogen and oxygen atoms in total. The number of guanidine groups is 1. The number of thiophene rings is 1. The average molecular weight is 398 g/mol. The third-order valence-corrected chi connectivity index (χ3v) is 8.00. The minimum absolute atomic E-state index is 0.175. The summed E-state index contributed by atoms with van der Waals surface area (Å²) in [6.45, 7) is 8.13. The molecule has 3 atom stereocenters. The van der Waals surface area contributed by atoms with Crippen molar-refractivity contribution in [2.24, 2.45) is 22.7 Å². The summed E-state index contributed by atoms with van der Waals surface area (Å²) in [5.41, 5.74) is 0. The van der Waals surface area contributed by atoms with Crippen molar-refractivity contribution in [3.8, 4) is 0 Å². The molecule has 7 heteroatoms. The van der Waals surface area contributed by atoms with Crippen LogP contribution >= 0.6 is 11.3 Å². The maximum atomic E-state index is 11.7. The molecule has 1 N–H and O–H groups in total. The van der Waals surface area contributed by atoms with Crippen LogP contribution in [0.3, 0.4) is 0 Å². The molecule has 2 aliphatic rings. The molecular weight excluding hydrogens is 366 g/mol. The Hall–Kier alpha value is -1.08. The van der Waals surface area contributed by atoms with E-state index in [1.807, 2.05) is 0 Å². The van der Waals surface area contributed by atoms with E-state index in [9.17, 15) is 8.42 Å². The van der Waals surface area contributed by atoms with Crippen molar-refractivity contribution in [3.05, 3.63) is 22.4 Å². The summed E-state index contributed by atoms with van der Waals surface area (Å²) in [6, 6.07) is 4.25. The molecule has 2 aliphatic heterocycles. The van der Waals surface area contributed by atoms with Gasteiger partial charge in [-0.25, -0.2) is 8.42 Å². The van der Waals surface area contributed by atoms with Gasteiger partial charge in [-0.3, -0.25) is 4.99 Å². The molecule has 3 rings (SSSR count). The molecule has 0 amide bonds. The molecule has 0 aliphatic carbocycles. The summed E-state index contributed by atoms with van der Waals surface area (Å²) < 4.78 is 23.4. The summed E-state index contributed by atoms with van der Waals surface area (Å²) in [4.78, 5) is 8.60. The minimum atomic E-state index is -2.83. The summed E-state index contributed by atoms with van der Waals surface area (Å²) in [5.74, 6) is 3.08. The van der Waals surface area contributed by atoms with Crippen molar-refractivity contribution >= 4 is 27.1 Å². The monoisotopic (exact) mass is 397 g/mol. The molecule has 0 saturated carbocycles. The highest BCUT2D eigenvalue weighted by molar-refractivity contribution is 7.91. The van der Waals surface area contributed by atoms with Gasteiger partial charge in [-0.1, -0.05) is 19.9 Å². The van der Waals surface area contributed by atoms with E-state index in [1.165, 1.54) is 11.3 Å². The van der Waals surface area contributed by atoms with Crippen molar-refractivity contribution in [1.82, 2.24) is 10.2 Å². The standard InChI is InChI=1S/C19H31N3O2S2/c1-15-10-16(2)13-22(12-15)19(20-7-5-18-4-3-8-25-18)21-11-17-6-9-26(23,24)14-17/h3-4,8,15-17H,5-7,9-14H2,1-2H3,(H,20,21). The third kappa shape index (κ3) is 5.71. The highest BCUT2D eigenvalue weighted by Gasteiger charge is 2.28. The van der Waals surface area contributed by atoms with E-state index in [4.69, 9.17) is 4.99 Å². The molecule has 0 spiro atoms. The molecule has 3 heterocycles. The van der Waals surface area contributed by atoms with Gasteiger partial charge in [-0.2, -0.15) is 0 Å². The lowest BCUT2D eigenvalue weighted by molar-refractivity contribution is 0.208. The lowest BCUT2D eigenvalue weighted by atomic mass is 9.92. The van der Waals surface area contributed by atoms with E-state index in [-0.39, 0.29) is 5.92 Å². The average Bonchev–Trinajstić information content (AvgIpc) is 3.19. The molecule has 0 bridgehead atoms. The first-order valence-electron chi connectivity index (χ1n) is 9.67. The Morgan fingerprint density at radius 1 is 1.35 bits per heavy atom. The Balaban J connectivity index is 1.62. The smallest absolute Gasteiger partial charge is 0.193 e. The first kappa shape index (κ1) is 19.7.